The second-order valence-electron chi connectivity index (χ2n) is 16.6. The third-order valence-electron chi connectivity index (χ3n) is 11.9. The van der Waals surface area contributed by atoms with Crippen molar-refractivity contribution in [1.82, 2.24) is 9.97 Å². The highest BCUT2D eigenvalue weighted by atomic mass is 16.5. The molecule has 380 valence electrons. The number of carboxylic acids is 1. The summed E-state index contributed by atoms with van der Waals surface area (Å²) in [4.78, 5) is 78.7. The smallest absolute Gasteiger partial charge is 0.310 e. The minimum Gasteiger partial charge on any atom is -0.493 e. The number of nitrogens with one attached hydrogen (secondary N) is 2. The number of nitrogens with two attached hydrogens (primary N) is 1. The lowest BCUT2D eigenvalue weighted by Crippen LogP contribution is -2.28. The first-order chi connectivity index (χ1) is 35.5. The predicted octanol–water partition coefficient (Wildman–Crippen LogP) is 9.82. The zero-order chi connectivity index (χ0) is 52.3. The van der Waals surface area contributed by atoms with E-state index in [1.165, 1.54) is 0 Å². The molecule has 10 rings (SSSR count). The lowest BCUT2D eigenvalue weighted by atomic mass is 9.90. The minimum atomic E-state index is -0.865. The topological polar surface area (TPSA) is 235 Å². The highest BCUT2D eigenvalue weighted by molar-refractivity contribution is 5.99. The third-order valence-corrected chi connectivity index (χ3v) is 11.9. The number of Topliss-reactive ketones (excluding diaryl/α,β-unsaturated/α-hetero) is 3. The number of carbonyl (C=O) groups excluding carboxylic acids is 5. The molecule has 5 N–H and O–H groups in total. The van der Waals surface area contributed by atoms with Crippen LogP contribution in [0.1, 0.15) is 96.3 Å². The number of rotatable bonds is 12. The Morgan fingerprint density at radius 2 is 1.05 bits per heavy atom. The van der Waals surface area contributed by atoms with Crippen molar-refractivity contribution >= 4 is 46.8 Å². The molecule has 0 bridgehead atoms. The van der Waals surface area contributed by atoms with Crippen LogP contribution in [-0.4, -0.2) is 70.0 Å². The number of benzene rings is 4. The van der Waals surface area contributed by atoms with Gasteiger partial charge in [0.1, 0.15) is 58.5 Å². The minimum absolute atomic E-state index is 0.0133. The van der Waals surface area contributed by atoms with Crippen molar-refractivity contribution in [2.45, 2.75) is 79.1 Å². The fourth-order valence-corrected chi connectivity index (χ4v) is 8.14. The Morgan fingerprint density at radius 1 is 0.603 bits per heavy atom. The Morgan fingerprint density at radius 3 is 1.52 bits per heavy atom. The number of carboxylic acid groups (broad SMARTS) is 1. The maximum atomic E-state index is 12.8. The largest absolute Gasteiger partial charge is 0.493 e. The van der Waals surface area contributed by atoms with Gasteiger partial charge in [-0.1, -0.05) is 88.4 Å². The van der Waals surface area contributed by atoms with E-state index in [4.69, 9.17) is 29.8 Å². The van der Waals surface area contributed by atoms with Crippen LogP contribution in [0.5, 0.6) is 34.5 Å². The van der Waals surface area contributed by atoms with E-state index in [2.05, 4.69) is 20.6 Å². The molecule has 0 spiro atoms. The SMILES string of the molecule is CC.CC.NCC(=O)c1ccccc1.O=C1CCc2c(Oc3ccc4c(c3)CC(C(=O)CCC(=O)c3ccccc3)CO4)ccnc2N1.O=C1CCc2c(Oc3ccc4c(c3)CC(C(=O)O)CO4)ccnc2N1. The van der Waals surface area contributed by atoms with Crippen LogP contribution in [0.4, 0.5) is 11.6 Å². The second kappa shape index (κ2) is 26.8. The number of fused-ring (bicyclic) bond motifs is 4. The van der Waals surface area contributed by atoms with Crippen LogP contribution in [0.2, 0.25) is 0 Å². The Kier molecular flexibility index (Phi) is 19.9. The van der Waals surface area contributed by atoms with Crippen LogP contribution in [0.25, 0.3) is 0 Å². The van der Waals surface area contributed by atoms with Gasteiger partial charge in [0.2, 0.25) is 11.8 Å². The van der Waals surface area contributed by atoms with Crippen LogP contribution in [0, 0.1) is 11.8 Å². The first-order valence-electron chi connectivity index (χ1n) is 24.6. The van der Waals surface area contributed by atoms with E-state index in [9.17, 15) is 28.8 Å². The Balaban J connectivity index is 0.000000194. The van der Waals surface area contributed by atoms with Gasteiger partial charge in [0.25, 0.3) is 0 Å². The summed E-state index contributed by atoms with van der Waals surface area (Å²) in [5.41, 5.74) is 9.90. The quantitative estimate of drug-likeness (QED) is 0.0836. The van der Waals surface area contributed by atoms with E-state index in [0.29, 0.717) is 96.6 Å². The molecule has 4 aliphatic heterocycles. The van der Waals surface area contributed by atoms with E-state index < -0.39 is 11.9 Å². The fourth-order valence-electron chi connectivity index (χ4n) is 8.14. The number of carbonyl (C=O) groups is 6. The zero-order valence-electron chi connectivity index (χ0n) is 41.5. The van der Waals surface area contributed by atoms with Crippen molar-refractivity contribution in [3.05, 3.63) is 155 Å². The Bertz CT molecular complexity index is 2890. The summed E-state index contributed by atoms with van der Waals surface area (Å²) < 4.78 is 23.5. The number of ether oxygens (including phenoxy) is 4. The standard InChI is InChI=1S/C27H24N2O5.C18H16N2O5.C8H9NO.2C2H6/c30-22(17-4-2-1-3-5-17)8-9-23(31)19-14-18-15-20(6-10-24(18)33-16-19)34-25-12-13-28-27-21(25)7-11-26(32)29-27;21-16-4-2-13-15(5-6-19-17(13)20-16)25-12-1-3-14-10(8-12)7-11(9-24-14)18(22)23;9-6-8(10)7-4-2-1-3-5-7;2*1-2/h1-6,10,12-13,15,19H,7-9,11,14,16H2,(H,28,29,32);1,3,5-6,8,11H,2,4,7,9H2,(H,22,23)(H,19,20,21);1-5H,6,9H2;2*1-2H3. The van der Waals surface area contributed by atoms with Crippen molar-refractivity contribution in [3.8, 4) is 34.5 Å². The summed E-state index contributed by atoms with van der Waals surface area (Å²) in [6.07, 6.45) is 6.45. The third kappa shape index (κ3) is 14.7. The van der Waals surface area contributed by atoms with Crippen LogP contribution >= 0.6 is 0 Å². The number of hydrogen-bond acceptors (Lipinski definition) is 13. The molecule has 2 aromatic heterocycles. The van der Waals surface area contributed by atoms with Crippen molar-refractivity contribution < 1.29 is 52.8 Å². The van der Waals surface area contributed by atoms with Crippen molar-refractivity contribution in [2.24, 2.45) is 17.6 Å². The van der Waals surface area contributed by atoms with Gasteiger partial charge >= 0.3 is 5.97 Å². The highest BCUT2D eigenvalue weighted by Crippen LogP contribution is 2.38. The summed E-state index contributed by atoms with van der Waals surface area (Å²) in [6, 6.07) is 32.5. The molecule has 0 radical (unpaired) electrons. The first kappa shape index (κ1) is 54.1. The summed E-state index contributed by atoms with van der Waals surface area (Å²) in [7, 11) is 0. The Hall–Kier alpha value is -8.24. The molecule has 0 saturated carbocycles. The Labute approximate surface area is 424 Å². The summed E-state index contributed by atoms with van der Waals surface area (Å²) in [5, 5.41) is 14.7. The van der Waals surface area contributed by atoms with Crippen molar-refractivity contribution in [1.29, 1.82) is 0 Å². The number of aromatic nitrogens is 2. The van der Waals surface area contributed by atoms with Crippen molar-refractivity contribution in [2.75, 3.05) is 30.4 Å². The van der Waals surface area contributed by atoms with E-state index in [1.54, 1.807) is 67.0 Å². The molecular formula is C57H61N5O11. The van der Waals surface area contributed by atoms with Gasteiger partial charge in [0.05, 0.1) is 25.0 Å². The number of ketones is 3. The van der Waals surface area contributed by atoms with Gasteiger partial charge in [0.15, 0.2) is 11.6 Å². The predicted molar refractivity (Wildman–Crippen MR) is 276 cm³/mol. The number of aliphatic carboxylic acids is 1. The van der Waals surface area contributed by atoms with Crippen molar-refractivity contribution in [3.63, 3.8) is 0 Å². The molecule has 2 unspecified atom stereocenters. The number of amides is 2. The number of hydrogen-bond donors (Lipinski definition) is 4. The molecular weight excluding hydrogens is 931 g/mol. The molecule has 4 aliphatic rings. The number of pyridine rings is 2. The van der Waals surface area contributed by atoms with Gasteiger partial charge in [0, 0.05) is 60.3 Å². The van der Waals surface area contributed by atoms with E-state index in [-0.39, 0.29) is 61.1 Å². The molecule has 16 nitrogen and oxygen atoms in total. The maximum absolute atomic E-state index is 12.8. The second-order valence-corrected chi connectivity index (χ2v) is 16.6. The normalized spacial score (nSPS) is 15.4. The molecule has 16 heteroatoms. The molecule has 2 atom stereocenters. The molecule has 4 aromatic carbocycles. The van der Waals surface area contributed by atoms with E-state index in [0.717, 1.165) is 28.0 Å². The van der Waals surface area contributed by atoms with E-state index in [1.807, 2.05) is 82.3 Å². The maximum Gasteiger partial charge on any atom is 0.310 e. The molecule has 73 heavy (non-hydrogen) atoms. The van der Waals surface area contributed by atoms with Crippen LogP contribution in [-0.2, 0) is 44.9 Å². The van der Waals surface area contributed by atoms with Gasteiger partial charge in [-0.05, 0) is 85.3 Å². The number of anilines is 2. The van der Waals surface area contributed by atoms with Gasteiger partial charge in [-0.3, -0.25) is 28.8 Å². The van der Waals surface area contributed by atoms with Gasteiger partial charge in [-0.15, -0.1) is 0 Å². The molecule has 0 saturated heterocycles. The lowest BCUT2D eigenvalue weighted by molar-refractivity contribution is -0.143. The summed E-state index contributed by atoms with van der Waals surface area (Å²) in [5.74, 6) is 3.16. The van der Waals surface area contributed by atoms with Crippen LogP contribution in [0.3, 0.4) is 0 Å². The van der Waals surface area contributed by atoms with Crippen LogP contribution in [0.15, 0.2) is 122 Å². The molecule has 2 amide bonds. The fraction of sp³-hybridized carbons (Fsp3) is 0.298. The average molecular weight is 992 g/mol. The number of nitrogens with zero attached hydrogens (tertiary/aromatic N) is 2. The molecule has 6 heterocycles. The zero-order valence-corrected chi connectivity index (χ0v) is 41.5. The summed E-state index contributed by atoms with van der Waals surface area (Å²) >= 11 is 0. The molecule has 6 aromatic rings. The lowest BCUT2D eigenvalue weighted by Gasteiger charge is -2.25. The highest BCUT2D eigenvalue weighted by Gasteiger charge is 2.29. The monoisotopic (exact) mass is 991 g/mol. The van der Waals surface area contributed by atoms with Gasteiger partial charge in [-0.2, -0.15) is 0 Å². The molecule has 0 aliphatic carbocycles. The van der Waals surface area contributed by atoms with E-state index >= 15 is 0 Å². The van der Waals surface area contributed by atoms with Gasteiger partial charge < -0.3 is 40.4 Å². The first-order valence-corrected chi connectivity index (χ1v) is 24.6. The molecule has 0 fully saturated rings. The summed E-state index contributed by atoms with van der Waals surface area (Å²) in [6.45, 7) is 8.58. The van der Waals surface area contributed by atoms with Gasteiger partial charge in [-0.25, -0.2) is 9.97 Å². The average Bonchev–Trinajstić information content (AvgIpc) is 3.43. The van der Waals surface area contributed by atoms with Crippen LogP contribution < -0.4 is 35.3 Å².